The van der Waals surface area contributed by atoms with Crippen LogP contribution in [-0.4, -0.2) is 40.2 Å². The van der Waals surface area contributed by atoms with Gasteiger partial charge in [-0.15, -0.1) is 0 Å². The Hall–Kier alpha value is -2.17. The molecule has 0 saturated carbocycles. The number of nitrogens with zero attached hydrogens (tertiary/aromatic N) is 2. The maximum Gasteiger partial charge on any atom is 0.322 e. The van der Waals surface area contributed by atoms with Gasteiger partial charge in [0.2, 0.25) is 0 Å². The maximum absolute atomic E-state index is 12.6. The zero-order valence-corrected chi connectivity index (χ0v) is 12.8. The summed E-state index contributed by atoms with van der Waals surface area (Å²) in [5.41, 5.74) is 0.974. The highest BCUT2D eigenvalue weighted by Crippen LogP contribution is 2.32. The van der Waals surface area contributed by atoms with Crippen LogP contribution in [0.2, 0.25) is 0 Å². The minimum Gasteiger partial charge on any atom is -0.480 e. The van der Waals surface area contributed by atoms with Crippen LogP contribution < -0.4 is 0 Å². The van der Waals surface area contributed by atoms with Crippen molar-refractivity contribution < 1.29 is 14.7 Å². The van der Waals surface area contributed by atoms with Crippen LogP contribution in [0.5, 0.6) is 0 Å². The Morgan fingerprint density at radius 2 is 2.00 bits per heavy atom. The second kappa shape index (κ2) is 5.55. The summed E-state index contributed by atoms with van der Waals surface area (Å²) in [6.45, 7) is 4.96. The molecule has 3 rings (SSSR count). The smallest absolute Gasteiger partial charge is 0.322 e. The normalized spacial score (nSPS) is 28.1. The Morgan fingerprint density at radius 3 is 2.73 bits per heavy atom. The number of carboxylic acids is 1. The van der Waals surface area contributed by atoms with E-state index in [0.717, 1.165) is 19.4 Å². The molecule has 3 unspecified atom stereocenters. The molecule has 0 bridgehead atoms. The molecule has 1 saturated heterocycles. The molecule has 2 aliphatic rings. The molecule has 5 heteroatoms. The Labute approximate surface area is 129 Å². The van der Waals surface area contributed by atoms with Crippen LogP contribution in [0.3, 0.4) is 0 Å². The van der Waals surface area contributed by atoms with Gasteiger partial charge in [0.05, 0.1) is 5.69 Å². The number of carbonyl (C=O) groups excluding carboxylic acids is 1. The van der Waals surface area contributed by atoms with Gasteiger partial charge < -0.3 is 10.0 Å². The number of carbonyl (C=O) groups is 2. The van der Waals surface area contributed by atoms with Crippen molar-refractivity contribution in [3.8, 4) is 0 Å². The highest BCUT2D eigenvalue weighted by atomic mass is 16.4. The van der Waals surface area contributed by atoms with Gasteiger partial charge in [0.1, 0.15) is 5.84 Å². The van der Waals surface area contributed by atoms with Crippen molar-refractivity contribution in [3.05, 3.63) is 29.8 Å². The van der Waals surface area contributed by atoms with Gasteiger partial charge in [0.15, 0.2) is 11.7 Å². The van der Waals surface area contributed by atoms with E-state index in [1.807, 2.05) is 11.0 Å². The molecule has 2 heterocycles. The predicted molar refractivity (Wildman–Crippen MR) is 83.6 cm³/mol. The molecule has 0 aliphatic carbocycles. The number of ketones is 1. The summed E-state index contributed by atoms with van der Waals surface area (Å²) in [4.78, 5) is 30.9. The predicted octanol–water partition coefficient (Wildman–Crippen LogP) is 2.73. The summed E-state index contributed by atoms with van der Waals surface area (Å²) in [6.07, 6.45) is 2.11. The average Bonchev–Trinajstić information content (AvgIpc) is 2.49. The molecule has 1 fully saturated rings. The summed E-state index contributed by atoms with van der Waals surface area (Å²) in [5.74, 6) is -1.80. The first-order valence-corrected chi connectivity index (χ1v) is 7.70. The molecule has 1 N–H and O–H groups in total. The second-order valence-corrected chi connectivity index (χ2v) is 6.31. The number of aliphatic imine (C=N–C) groups is 1. The average molecular weight is 300 g/mol. The topological polar surface area (TPSA) is 70.0 Å². The summed E-state index contributed by atoms with van der Waals surface area (Å²) in [7, 11) is 0. The quantitative estimate of drug-likeness (QED) is 0.810. The Kier molecular flexibility index (Phi) is 3.72. The van der Waals surface area contributed by atoms with Gasteiger partial charge in [-0.05, 0) is 37.8 Å². The van der Waals surface area contributed by atoms with E-state index < -0.39 is 11.9 Å². The van der Waals surface area contributed by atoms with E-state index in [9.17, 15) is 14.7 Å². The number of Topliss-reactive ketones (excluding diaryl/α,β-unsaturated/α-hetero) is 1. The van der Waals surface area contributed by atoms with E-state index in [1.165, 1.54) is 0 Å². The third-order valence-corrected chi connectivity index (χ3v) is 4.58. The fraction of sp³-hybridized carbons (Fsp3) is 0.471. The molecule has 3 atom stereocenters. The maximum atomic E-state index is 12.6. The molecular formula is C17H20N2O3. The zero-order valence-electron chi connectivity index (χ0n) is 12.8. The molecule has 22 heavy (non-hydrogen) atoms. The number of aliphatic carboxylic acids is 1. The number of hydrogen-bond acceptors (Lipinski definition) is 4. The van der Waals surface area contributed by atoms with Crippen molar-refractivity contribution in [1.29, 1.82) is 0 Å². The molecule has 1 aromatic carbocycles. The Balaban J connectivity index is 2.08. The monoisotopic (exact) mass is 300 g/mol. The number of hydrogen-bond donors (Lipinski definition) is 1. The van der Waals surface area contributed by atoms with Crippen molar-refractivity contribution in [2.75, 3.05) is 6.54 Å². The Morgan fingerprint density at radius 1 is 1.27 bits per heavy atom. The standard InChI is InChI=1S/C17H20N2O3/c1-10-7-8-11(2)19(9-10)16-14(17(21)22)15(20)12-5-3-4-6-13(12)18-16/h3-6,10-11,14H,7-9H2,1-2H3,(H,21,22). The first-order chi connectivity index (χ1) is 10.5. The summed E-state index contributed by atoms with van der Waals surface area (Å²) in [6, 6.07) is 7.17. The van der Waals surface area contributed by atoms with Gasteiger partial charge in [-0.2, -0.15) is 0 Å². The number of amidine groups is 1. The third-order valence-electron chi connectivity index (χ3n) is 4.58. The lowest BCUT2D eigenvalue weighted by Crippen LogP contribution is -2.51. The number of benzene rings is 1. The largest absolute Gasteiger partial charge is 0.480 e. The van der Waals surface area contributed by atoms with Gasteiger partial charge in [-0.25, -0.2) is 4.99 Å². The van der Waals surface area contributed by atoms with Gasteiger partial charge in [-0.3, -0.25) is 9.59 Å². The van der Waals surface area contributed by atoms with Crippen molar-refractivity contribution >= 4 is 23.3 Å². The molecule has 0 aromatic heterocycles. The number of piperidine rings is 1. The first kappa shape index (κ1) is 14.8. The number of para-hydroxylation sites is 1. The van der Waals surface area contributed by atoms with Crippen molar-refractivity contribution in [2.24, 2.45) is 16.8 Å². The van der Waals surface area contributed by atoms with E-state index in [0.29, 0.717) is 23.0 Å². The number of fused-ring (bicyclic) bond motifs is 1. The molecule has 0 radical (unpaired) electrons. The van der Waals surface area contributed by atoms with Crippen molar-refractivity contribution in [2.45, 2.75) is 32.7 Å². The van der Waals surface area contributed by atoms with Crippen molar-refractivity contribution in [1.82, 2.24) is 4.90 Å². The summed E-state index contributed by atoms with van der Waals surface area (Å²) >= 11 is 0. The molecule has 1 aromatic rings. The molecule has 2 aliphatic heterocycles. The van der Waals surface area contributed by atoms with Crippen LogP contribution in [0.25, 0.3) is 0 Å². The van der Waals surface area contributed by atoms with E-state index in [4.69, 9.17) is 0 Å². The minimum absolute atomic E-state index is 0.204. The van der Waals surface area contributed by atoms with Gasteiger partial charge in [0, 0.05) is 18.2 Å². The highest BCUT2D eigenvalue weighted by Gasteiger charge is 2.41. The molecule has 0 amide bonds. The number of likely N-dealkylation sites (tertiary alicyclic amines) is 1. The lowest BCUT2D eigenvalue weighted by atomic mass is 9.88. The van der Waals surface area contributed by atoms with Crippen LogP contribution in [0.15, 0.2) is 29.3 Å². The van der Waals surface area contributed by atoms with Gasteiger partial charge in [-0.1, -0.05) is 19.1 Å². The lowest BCUT2D eigenvalue weighted by Gasteiger charge is -2.41. The van der Waals surface area contributed by atoms with Crippen LogP contribution in [0, 0.1) is 11.8 Å². The number of rotatable bonds is 1. The lowest BCUT2D eigenvalue weighted by molar-refractivity contribution is -0.138. The molecular weight excluding hydrogens is 280 g/mol. The number of carboxylic acid groups (broad SMARTS) is 1. The fourth-order valence-corrected chi connectivity index (χ4v) is 3.30. The van der Waals surface area contributed by atoms with Crippen LogP contribution in [0.1, 0.15) is 37.0 Å². The fourth-order valence-electron chi connectivity index (χ4n) is 3.30. The third kappa shape index (κ3) is 2.40. The zero-order chi connectivity index (χ0) is 15.9. The highest BCUT2D eigenvalue weighted by molar-refractivity contribution is 6.26. The van der Waals surface area contributed by atoms with Crippen molar-refractivity contribution in [3.63, 3.8) is 0 Å². The van der Waals surface area contributed by atoms with Gasteiger partial charge >= 0.3 is 5.97 Å². The van der Waals surface area contributed by atoms with E-state index in [-0.39, 0.29) is 11.8 Å². The molecule has 0 spiro atoms. The van der Waals surface area contributed by atoms with Crippen LogP contribution >= 0.6 is 0 Å². The van der Waals surface area contributed by atoms with Gasteiger partial charge in [0.25, 0.3) is 0 Å². The molecule has 5 nitrogen and oxygen atoms in total. The summed E-state index contributed by atoms with van der Waals surface area (Å²) in [5, 5.41) is 9.56. The van der Waals surface area contributed by atoms with Crippen LogP contribution in [0.4, 0.5) is 5.69 Å². The second-order valence-electron chi connectivity index (χ2n) is 6.31. The van der Waals surface area contributed by atoms with E-state index >= 15 is 0 Å². The Bertz CT molecular complexity index is 653. The first-order valence-electron chi connectivity index (χ1n) is 7.70. The molecule has 116 valence electrons. The van der Waals surface area contributed by atoms with Crippen LogP contribution in [-0.2, 0) is 4.79 Å². The summed E-state index contributed by atoms with van der Waals surface area (Å²) < 4.78 is 0. The SMILES string of the molecule is CC1CCC(C)N(C2=Nc3ccccc3C(=O)C2C(=O)O)C1. The van der Waals surface area contributed by atoms with E-state index in [2.05, 4.69) is 18.8 Å². The minimum atomic E-state index is -1.19. The van der Waals surface area contributed by atoms with E-state index in [1.54, 1.807) is 18.2 Å².